The smallest absolute Gasteiger partial charge is 0.329 e. The topological polar surface area (TPSA) is 44.6 Å². The highest BCUT2D eigenvalue weighted by Crippen LogP contribution is 2.32. The van der Waals surface area contributed by atoms with Crippen LogP contribution in [0, 0.1) is 5.21 Å². The summed E-state index contributed by atoms with van der Waals surface area (Å²) in [5.74, 6) is -0.739. The van der Waals surface area contributed by atoms with E-state index in [-0.39, 0.29) is 11.0 Å². The van der Waals surface area contributed by atoms with Crippen LogP contribution in [0.5, 0.6) is 0 Å². The second-order valence-corrected chi connectivity index (χ2v) is 4.12. The molecule has 3 heteroatoms. The summed E-state index contributed by atoms with van der Waals surface area (Å²) >= 11 is 0. The third kappa shape index (κ3) is 1.48. The number of hydrogen-bond acceptors (Lipinski definition) is 2. The van der Waals surface area contributed by atoms with Gasteiger partial charge in [-0.1, -0.05) is 48.5 Å². The van der Waals surface area contributed by atoms with Crippen LogP contribution in [0.4, 0.5) is 5.69 Å². The zero-order chi connectivity index (χ0) is 11.8. The number of quaternary nitrogens is 1. The molecule has 84 valence electrons. The Morgan fingerprint density at radius 3 is 2.35 bits per heavy atom. The Morgan fingerprint density at radius 2 is 1.59 bits per heavy atom. The normalized spacial score (nSPS) is 22.5. The molecule has 1 N–H and O–H groups in total. The average Bonchev–Trinajstić information content (AvgIpc) is 2.64. The van der Waals surface area contributed by atoms with E-state index in [1.54, 1.807) is 12.1 Å². The van der Waals surface area contributed by atoms with Crippen molar-refractivity contribution in [3.63, 3.8) is 0 Å². The SMILES string of the molecule is O=C1C(c2ccccc2)c2ccccc2[NH+]1[O-]. The Morgan fingerprint density at radius 1 is 0.941 bits per heavy atom. The minimum Gasteiger partial charge on any atom is -0.621 e. The van der Waals surface area contributed by atoms with E-state index in [4.69, 9.17) is 0 Å². The van der Waals surface area contributed by atoms with Crippen LogP contribution in [-0.2, 0) is 4.79 Å². The van der Waals surface area contributed by atoms with E-state index in [1.807, 2.05) is 42.5 Å². The van der Waals surface area contributed by atoms with Crippen LogP contribution in [-0.4, -0.2) is 5.91 Å². The molecule has 2 atom stereocenters. The van der Waals surface area contributed by atoms with Crippen LogP contribution >= 0.6 is 0 Å². The van der Waals surface area contributed by atoms with Gasteiger partial charge in [0.1, 0.15) is 11.6 Å². The predicted octanol–water partition coefficient (Wildman–Crippen LogP) is 1.37. The first-order valence-electron chi connectivity index (χ1n) is 5.51. The van der Waals surface area contributed by atoms with E-state index in [0.29, 0.717) is 5.69 Å². The van der Waals surface area contributed by atoms with Crippen LogP contribution in [0.25, 0.3) is 0 Å². The summed E-state index contributed by atoms with van der Waals surface area (Å²) in [5.41, 5.74) is 2.26. The molecule has 1 aliphatic rings. The van der Waals surface area contributed by atoms with E-state index < -0.39 is 5.92 Å². The molecule has 0 fully saturated rings. The Kier molecular flexibility index (Phi) is 2.28. The molecule has 3 nitrogen and oxygen atoms in total. The largest absolute Gasteiger partial charge is 0.621 e. The van der Waals surface area contributed by atoms with Crippen molar-refractivity contribution in [2.45, 2.75) is 5.92 Å². The lowest BCUT2D eigenvalue weighted by Crippen LogP contribution is -3.03. The van der Waals surface area contributed by atoms with Crippen LogP contribution in [0.15, 0.2) is 54.6 Å². The van der Waals surface area contributed by atoms with Gasteiger partial charge in [0.15, 0.2) is 0 Å². The molecule has 2 unspecified atom stereocenters. The van der Waals surface area contributed by atoms with Crippen molar-refractivity contribution < 1.29 is 9.86 Å². The molecule has 1 amide bonds. The number of hydroxylamine groups is 1. The van der Waals surface area contributed by atoms with Gasteiger partial charge in [-0.2, -0.15) is 0 Å². The van der Waals surface area contributed by atoms with E-state index in [1.165, 1.54) is 0 Å². The molecule has 0 saturated carbocycles. The van der Waals surface area contributed by atoms with Gasteiger partial charge in [-0.3, -0.25) is 5.06 Å². The fraction of sp³-hybridized carbons (Fsp3) is 0.0714. The van der Waals surface area contributed by atoms with Crippen molar-refractivity contribution in [2.75, 3.05) is 0 Å². The van der Waals surface area contributed by atoms with Crippen molar-refractivity contribution in [3.8, 4) is 0 Å². The molecule has 3 rings (SSSR count). The zero-order valence-electron chi connectivity index (χ0n) is 9.09. The van der Waals surface area contributed by atoms with Gasteiger partial charge >= 0.3 is 5.91 Å². The summed E-state index contributed by atoms with van der Waals surface area (Å²) in [5, 5.41) is 11.5. The summed E-state index contributed by atoms with van der Waals surface area (Å²) in [6, 6.07) is 16.7. The van der Waals surface area contributed by atoms with Crippen molar-refractivity contribution in [1.82, 2.24) is 0 Å². The summed E-state index contributed by atoms with van der Waals surface area (Å²) < 4.78 is 0. The number of nitrogens with one attached hydrogen (secondary N) is 1. The molecular weight excluding hydrogens is 214 g/mol. The molecule has 0 aromatic heterocycles. The van der Waals surface area contributed by atoms with E-state index in [9.17, 15) is 10.0 Å². The monoisotopic (exact) mass is 225 g/mol. The van der Waals surface area contributed by atoms with Crippen LogP contribution in [0.2, 0.25) is 0 Å². The van der Waals surface area contributed by atoms with Crippen LogP contribution in [0.1, 0.15) is 17.0 Å². The molecule has 17 heavy (non-hydrogen) atoms. The highest BCUT2D eigenvalue weighted by Gasteiger charge is 2.39. The maximum Gasteiger partial charge on any atom is 0.329 e. The number of fused-ring (bicyclic) bond motifs is 1. The Labute approximate surface area is 98.9 Å². The van der Waals surface area contributed by atoms with Gasteiger partial charge in [-0.15, -0.1) is 0 Å². The van der Waals surface area contributed by atoms with Gasteiger partial charge in [-0.25, -0.2) is 4.79 Å². The van der Waals surface area contributed by atoms with Gasteiger partial charge in [0.05, 0.1) is 0 Å². The zero-order valence-corrected chi connectivity index (χ0v) is 9.09. The van der Waals surface area contributed by atoms with E-state index >= 15 is 0 Å². The molecule has 0 radical (unpaired) electrons. The quantitative estimate of drug-likeness (QED) is 0.745. The first kappa shape index (κ1) is 10.2. The first-order chi connectivity index (χ1) is 8.29. The standard InChI is InChI=1S/C14H11NO2/c16-14-13(10-6-2-1-3-7-10)11-8-4-5-9-12(11)15(14)17/h1-9,13,15H. The Hall–Kier alpha value is -1.97. The molecular formula is C14H11NO2. The highest BCUT2D eigenvalue weighted by molar-refractivity contribution is 5.87. The molecule has 0 bridgehead atoms. The van der Waals surface area contributed by atoms with Gasteiger partial charge in [0.25, 0.3) is 0 Å². The molecule has 0 spiro atoms. The lowest BCUT2D eigenvalue weighted by Gasteiger charge is -2.13. The van der Waals surface area contributed by atoms with E-state index in [0.717, 1.165) is 11.1 Å². The summed E-state index contributed by atoms with van der Waals surface area (Å²) in [6.07, 6.45) is 0. The van der Waals surface area contributed by atoms with Crippen molar-refractivity contribution in [1.29, 1.82) is 0 Å². The number of carbonyl (C=O) groups is 1. The minimum atomic E-state index is -0.417. The number of amides is 1. The lowest BCUT2D eigenvalue weighted by molar-refractivity contribution is -0.684. The number of rotatable bonds is 1. The molecule has 1 heterocycles. The van der Waals surface area contributed by atoms with Gasteiger partial charge in [0.2, 0.25) is 0 Å². The van der Waals surface area contributed by atoms with Crippen LogP contribution < -0.4 is 5.06 Å². The lowest BCUT2D eigenvalue weighted by atomic mass is 9.93. The van der Waals surface area contributed by atoms with Gasteiger partial charge in [0, 0.05) is 11.6 Å². The third-order valence-electron chi connectivity index (χ3n) is 3.14. The number of benzene rings is 2. The second-order valence-electron chi connectivity index (χ2n) is 4.12. The first-order valence-corrected chi connectivity index (χ1v) is 5.51. The second kappa shape index (κ2) is 3.80. The summed E-state index contributed by atoms with van der Waals surface area (Å²) in [4.78, 5) is 12.0. The fourth-order valence-electron chi connectivity index (χ4n) is 2.34. The Bertz CT molecular complexity index is 565. The van der Waals surface area contributed by atoms with Gasteiger partial charge < -0.3 is 5.21 Å². The van der Waals surface area contributed by atoms with Crippen molar-refractivity contribution >= 4 is 11.6 Å². The number of para-hydroxylation sites is 1. The molecule has 1 aliphatic heterocycles. The van der Waals surface area contributed by atoms with Crippen molar-refractivity contribution in [3.05, 3.63) is 70.9 Å². The Balaban J connectivity index is 2.16. The van der Waals surface area contributed by atoms with Gasteiger partial charge in [-0.05, 0) is 5.56 Å². The number of carbonyl (C=O) groups excluding carboxylic acids is 1. The highest BCUT2D eigenvalue weighted by atomic mass is 16.5. The molecule has 0 saturated heterocycles. The molecule has 0 aliphatic carbocycles. The predicted molar refractivity (Wildman–Crippen MR) is 63.7 cm³/mol. The van der Waals surface area contributed by atoms with Crippen LogP contribution in [0.3, 0.4) is 0 Å². The molecule has 2 aromatic carbocycles. The summed E-state index contributed by atoms with van der Waals surface area (Å²) in [6.45, 7) is 0. The maximum absolute atomic E-state index is 12.0. The third-order valence-corrected chi connectivity index (χ3v) is 3.14. The number of hydrogen-bond donors (Lipinski definition) is 1. The molecule has 2 aromatic rings. The maximum atomic E-state index is 12.0. The fourth-order valence-corrected chi connectivity index (χ4v) is 2.34. The minimum absolute atomic E-state index is 0.322. The average molecular weight is 225 g/mol. The van der Waals surface area contributed by atoms with E-state index in [2.05, 4.69) is 0 Å². The van der Waals surface area contributed by atoms with Crippen molar-refractivity contribution in [2.24, 2.45) is 0 Å². The summed E-state index contributed by atoms with van der Waals surface area (Å²) in [7, 11) is 0.